The van der Waals surface area contributed by atoms with Gasteiger partial charge in [0.15, 0.2) is 0 Å². The fourth-order valence-electron chi connectivity index (χ4n) is 3.00. The second-order valence-electron chi connectivity index (χ2n) is 5.95. The summed E-state index contributed by atoms with van der Waals surface area (Å²) in [6.45, 7) is 4.08. The van der Waals surface area contributed by atoms with Crippen LogP contribution in [0.4, 0.5) is 0 Å². The van der Waals surface area contributed by atoms with Crippen molar-refractivity contribution in [3.63, 3.8) is 0 Å². The van der Waals surface area contributed by atoms with E-state index in [1.54, 1.807) is 0 Å². The zero-order chi connectivity index (χ0) is 16.0. The Labute approximate surface area is 134 Å². The van der Waals surface area contributed by atoms with Gasteiger partial charge in [0, 0.05) is 10.8 Å². The summed E-state index contributed by atoms with van der Waals surface area (Å²) in [6, 6.07) is 20.2. The first-order valence-corrected chi connectivity index (χ1v) is 7.67. The van der Waals surface area contributed by atoms with Gasteiger partial charge in [0.25, 0.3) is 0 Å². The first-order chi connectivity index (χ1) is 11.1. The minimum absolute atomic E-state index is 0.275. The average Bonchev–Trinajstić information content (AvgIpc) is 2.57. The van der Waals surface area contributed by atoms with E-state index in [0.717, 1.165) is 27.5 Å². The van der Waals surface area contributed by atoms with E-state index in [9.17, 15) is 4.79 Å². The standard InChI is InChI=1S/C21H16O2/c1-13-10-17-18-12-16(15-6-4-3-5-7-15)8-9-20(18)23-21(22)19(17)11-14(13)2/h3-12H,1-2H3. The third-order valence-corrected chi connectivity index (χ3v) is 4.43. The topological polar surface area (TPSA) is 30.2 Å². The lowest BCUT2D eigenvalue weighted by Crippen LogP contribution is -2.01. The molecule has 2 heteroatoms. The van der Waals surface area contributed by atoms with Gasteiger partial charge in [-0.3, -0.25) is 0 Å². The van der Waals surface area contributed by atoms with Gasteiger partial charge < -0.3 is 4.42 Å². The van der Waals surface area contributed by atoms with Gasteiger partial charge in [0.2, 0.25) is 0 Å². The molecule has 0 N–H and O–H groups in total. The van der Waals surface area contributed by atoms with Gasteiger partial charge in [-0.25, -0.2) is 4.79 Å². The zero-order valence-corrected chi connectivity index (χ0v) is 13.1. The van der Waals surface area contributed by atoms with Gasteiger partial charge in [-0.2, -0.15) is 0 Å². The second kappa shape index (κ2) is 5.10. The molecule has 2 nitrogen and oxygen atoms in total. The summed E-state index contributed by atoms with van der Waals surface area (Å²) in [6.07, 6.45) is 0. The molecule has 0 bridgehead atoms. The van der Waals surface area contributed by atoms with E-state index in [2.05, 4.69) is 31.2 Å². The fourth-order valence-corrected chi connectivity index (χ4v) is 3.00. The number of fused-ring (bicyclic) bond motifs is 3. The summed E-state index contributed by atoms with van der Waals surface area (Å²) in [5.41, 5.74) is 4.90. The molecule has 4 aromatic rings. The minimum Gasteiger partial charge on any atom is -0.422 e. The maximum atomic E-state index is 12.2. The largest absolute Gasteiger partial charge is 0.422 e. The van der Waals surface area contributed by atoms with Gasteiger partial charge in [0.05, 0.1) is 5.39 Å². The minimum atomic E-state index is -0.275. The highest BCUT2D eigenvalue weighted by atomic mass is 16.4. The van der Waals surface area contributed by atoms with E-state index in [0.29, 0.717) is 11.0 Å². The lowest BCUT2D eigenvalue weighted by atomic mass is 9.98. The summed E-state index contributed by atoms with van der Waals surface area (Å²) >= 11 is 0. The van der Waals surface area contributed by atoms with Crippen LogP contribution in [0.2, 0.25) is 0 Å². The number of benzene rings is 3. The van der Waals surface area contributed by atoms with Crippen LogP contribution in [0.5, 0.6) is 0 Å². The van der Waals surface area contributed by atoms with Crippen LogP contribution >= 0.6 is 0 Å². The monoisotopic (exact) mass is 300 g/mol. The molecule has 0 saturated heterocycles. The van der Waals surface area contributed by atoms with Crippen molar-refractivity contribution in [3.8, 4) is 11.1 Å². The molecule has 0 aliphatic heterocycles. The van der Waals surface area contributed by atoms with Crippen LogP contribution in [0, 0.1) is 13.8 Å². The number of rotatable bonds is 1. The molecule has 0 aliphatic rings. The molecule has 23 heavy (non-hydrogen) atoms. The van der Waals surface area contributed by atoms with Crippen LogP contribution in [-0.4, -0.2) is 0 Å². The van der Waals surface area contributed by atoms with Crippen molar-refractivity contribution in [1.29, 1.82) is 0 Å². The molecular formula is C21H16O2. The van der Waals surface area contributed by atoms with E-state index in [1.165, 1.54) is 5.56 Å². The Morgan fingerprint density at radius 2 is 1.39 bits per heavy atom. The molecule has 0 unspecified atom stereocenters. The molecule has 1 aromatic heterocycles. The quantitative estimate of drug-likeness (QED) is 0.356. The predicted molar refractivity (Wildman–Crippen MR) is 94.9 cm³/mol. The van der Waals surface area contributed by atoms with Gasteiger partial charge in [0.1, 0.15) is 5.58 Å². The van der Waals surface area contributed by atoms with Gasteiger partial charge in [-0.05, 0) is 54.3 Å². The molecule has 0 saturated carbocycles. The van der Waals surface area contributed by atoms with Crippen LogP contribution in [-0.2, 0) is 0 Å². The normalized spacial score (nSPS) is 11.2. The number of hydrogen-bond acceptors (Lipinski definition) is 2. The Kier molecular flexibility index (Phi) is 3.05. The number of hydrogen-bond donors (Lipinski definition) is 0. The van der Waals surface area contributed by atoms with Crippen molar-refractivity contribution in [2.24, 2.45) is 0 Å². The van der Waals surface area contributed by atoms with Crippen LogP contribution in [0.3, 0.4) is 0 Å². The Morgan fingerprint density at radius 1 is 0.696 bits per heavy atom. The summed E-state index contributed by atoms with van der Waals surface area (Å²) in [5, 5.41) is 2.58. The van der Waals surface area contributed by atoms with Crippen LogP contribution in [0.1, 0.15) is 11.1 Å². The predicted octanol–water partition coefficient (Wildman–Crippen LogP) is 5.23. The molecular weight excluding hydrogens is 284 g/mol. The maximum Gasteiger partial charge on any atom is 0.344 e. The highest BCUT2D eigenvalue weighted by Crippen LogP contribution is 2.29. The van der Waals surface area contributed by atoms with Gasteiger partial charge >= 0.3 is 5.63 Å². The fraction of sp³-hybridized carbons (Fsp3) is 0.0952. The summed E-state index contributed by atoms with van der Waals surface area (Å²) in [4.78, 5) is 12.2. The van der Waals surface area contributed by atoms with E-state index in [-0.39, 0.29) is 5.63 Å². The number of aryl methyl sites for hydroxylation is 2. The average molecular weight is 300 g/mol. The molecule has 4 rings (SSSR count). The smallest absolute Gasteiger partial charge is 0.344 e. The van der Waals surface area contributed by atoms with Crippen molar-refractivity contribution < 1.29 is 4.42 Å². The van der Waals surface area contributed by atoms with Crippen molar-refractivity contribution in [2.45, 2.75) is 13.8 Å². The summed E-state index contributed by atoms with van der Waals surface area (Å²) in [5.74, 6) is 0. The van der Waals surface area contributed by atoms with E-state index < -0.39 is 0 Å². The summed E-state index contributed by atoms with van der Waals surface area (Å²) in [7, 11) is 0. The van der Waals surface area contributed by atoms with Crippen molar-refractivity contribution in [1.82, 2.24) is 0 Å². The van der Waals surface area contributed by atoms with Crippen molar-refractivity contribution >= 4 is 21.7 Å². The molecule has 0 amide bonds. The lowest BCUT2D eigenvalue weighted by molar-refractivity contribution is 0.569. The second-order valence-corrected chi connectivity index (χ2v) is 5.95. The highest BCUT2D eigenvalue weighted by molar-refractivity contribution is 6.06. The van der Waals surface area contributed by atoms with Crippen molar-refractivity contribution in [2.75, 3.05) is 0 Å². The summed E-state index contributed by atoms with van der Waals surface area (Å²) < 4.78 is 5.51. The van der Waals surface area contributed by atoms with E-state index in [4.69, 9.17) is 4.42 Å². The van der Waals surface area contributed by atoms with E-state index in [1.807, 2.05) is 43.3 Å². The first-order valence-electron chi connectivity index (χ1n) is 7.67. The molecule has 112 valence electrons. The third-order valence-electron chi connectivity index (χ3n) is 4.43. The molecule has 0 aliphatic carbocycles. The third kappa shape index (κ3) is 2.23. The Hall–Kier alpha value is -2.87. The zero-order valence-electron chi connectivity index (χ0n) is 13.1. The SMILES string of the molecule is Cc1cc2c(=O)oc3ccc(-c4ccccc4)cc3c2cc1C. The molecule has 0 atom stereocenters. The molecule has 3 aromatic carbocycles. The molecule has 0 spiro atoms. The maximum absolute atomic E-state index is 12.2. The lowest BCUT2D eigenvalue weighted by Gasteiger charge is -2.08. The Balaban J connectivity index is 2.11. The van der Waals surface area contributed by atoms with E-state index >= 15 is 0 Å². The van der Waals surface area contributed by atoms with Crippen molar-refractivity contribution in [3.05, 3.63) is 82.2 Å². The molecule has 0 fully saturated rings. The molecule has 0 radical (unpaired) electrons. The van der Waals surface area contributed by atoms with Gasteiger partial charge in [-0.1, -0.05) is 42.5 Å². The van der Waals surface area contributed by atoms with Crippen LogP contribution in [0.25, 0.3) is 32.9 Å². The Morgan fingerprint density at radius 3 is 2.13 bits per heavy atom. The Bertz CT molecular complexity index is 1090. The van der Waals surface area contributed by atoms with Gasteiger partial charge in [-0.15, -0.1) is 0 Å². The highest BCUT2D eigenvalue weighted by Gasteiger charge is 2.10. The van der Waals surface area contributed by atoms with Crippen LogP contribution < -0.4 is 5.63 Å². The molecule has 1 heterocycles. The first kappa shape index (κ1) is 13.8. The van der Waals surface area contributed by atoms with Crippen LogP contribution in [0.15, 0.2) is 69.9 Å².